The fourth-order valence-electron chi connectivity index (χ4n) is 5.23. The molecule has 0 atom stereocenters. The van der Waals surface area contributed by atoms with Crippen molar-refractivity contribution in [3.63, 3.8) is 0 Å². The summed E-state index contributed by atoms with van der Waals surface area (Å²) in [5.74, 6) is -1.07. The van der Waals surface area contributed by atoms with E-state index in [4.69, 9.17) is 4.98 Å². The molecule has 2 amide bonds. The standard InChI is InChI=1S/C31H35N7O5/c1-2-38-28-24(27(40)26(30(41)42)29(38)33-14-17-37-15-11-23(39)12-16-37)9-10-25(36-28)21-5-7-22(8-6-21)35-31(43)34-19-20-4-3-13-32-18-20/h3-10,13,18,23,33,39H,2,11-12,14-17,19H2,1H3,(H,41,42)(H2,34,35,43). The van der Waals surface area contributed by atoms with Crippen LogP contribution in [-0.4, -0.2) is 73.9 Å². The van der Waals surface area contributed by atoms with Gasteiger partial charge in [0.2, 0.25) is 5.43 Å². The van der Waals surface area contributed by atoms with Gasteiger partial charge in [-0.25, -0.2) is 14.6 Å². The number of amides is 2. The second-order valence-electron chi connectivity index (χ2n) is 10.4. The molecule has 1 aliphatic rings. The number of carbonyl (C=O) groups is 2. The van der Waals surface area contributed by atoms with Gasteiger partial charge in [0.1, 0.15) is 17.0 Å². The van der Waals surface area contributed by atoms with Gasteiger partial charge < -0.3 is 35.6 Å². The van der Waals surface area contributed by atoms with Gasteiger partial charge in [-0.1, -0.05) is 18.2 Å². The molecule has 0 bridgehead atoms. The third kappa shape index (κ3) is 6.99. The average molecular weight is 586 g/mol. The Labute approximate surface area is 248 Å². The summed E-state index contributed by atoms with van der Waals surface area (Å²) in [5, 5.41) is 28.7. The lowest BCUT2D eigenvalue weighted by atomic mass is 10.1. The van der Waals surface area contributed by atoms with Crippen LogP contribution in [0.2, 0.25) is 0 Å². The van der Waals surface area contributed by atoms with Crippen molar-refractivity contribution >= 4 is 34.5 Å². The zero-order valence-electron chi connectivity index (χ0n) is 23.9. The van der Waals surface area contributed by atoms with E-state index in [2.05, 4.69) is 25.8 Å². The number of carboxylic acids is 1. The summed E-state index contributed by atoms with van der Waals surface area (Å²) < 4.78 is 1.73. The van der Waals surface area contributed by atoms with Crippen LogP contribution >= 0.6 is 0 Å². The summed E-state index contributed by atoms with van der Waals surface area (Å²) in [4.78, 5) is 48.9. The molecular formula is C31H35N7O5. The molecule has 5 N–H and O–H groups in total. The summed E-state index contributed by atoms with van der Waals surface area (Å²) in [6, 6.07) is 13.8. The first-order valence-electron chi connectivity index (χ1n) is 14.3. The first-order chi connectivity index (χ1) is 20.8. The third-order valence-corrected chi connectivity index (χ3v) is 7.53. The Morgan fingerprint density at radius 2 is 1.84 bits per heavy atom. The van der Waals surface area contributed by atoms with Gasteiger partial charge in [-0.15, -0.1) is 0 Å². The molecule has 0 unspecified atom stereocenters. The lowest BCUT2D eigenvalue weighted by Gasteiger charge is -2.29. The molecule has 1 aliphatic heterocycles. The highest BCUT2D eigenvalue weighted by Gasteiger charge is 2.23. The number of nitrogens with zero attached hydrogens (tertiary/aromatic N) is 4. The minimum atomic E-state index is -1.30. The molecular weight excluding hydrogens is 550 g/mol. The van der Waals surface area contributed by atoms with Crippen molar-refractivity contribution in [2.75, 3.05) is 36.8 Å². The Kier molecular flexibility index (Phi) is 9.28. The van der Waals surface area contributed by atoms with Crippen LogP contribution in [0, 0.1) is 0 Å². The largest absolute Gasteiger partial charge is 0.477 e. The van der Waals surface area contributed by atoms with Crippen LogP contribution in [0.5, 0.6) is 0 Å². The molecule has 0 saturated carbocycles. The van der Waals surface area contributed by atoms with Crippen LogP contribution in [0.15, 0.2) is 65.7 Å². The number of hydrogen-bond donors (Lipinski definition) is 5. The van der Waals surface area contributed by atoms with Crippen molar-refractivity contribution < 1.29 is 19.8 Å². The van der Waals surface area contributed by atoms with Crippen molar-refractivity contribution in [1.82, 2.24) is 24.8 Å². The average Bonchev–Trinajstić information content (AvgIpc) is 3.01. The molecule has 3 aromatic heterocycles. The highest BCUT2D eigenvalue weighted by Crippen LogP contribution is 2.25. The van der Waals surface area contributed by atoms with E-state index in [0.717, 1.165) is 24.2 Å². The predicted molar refractivity (Wildman–Crippen MR) is 164 cm³/mol. The number of nitrogens with one attached hydrogen (secondary N) is 3. The van der Waals surface area contributed by atoms with Gasteiger partial charge in [0.25, 0.3) is 0 Å². The SMILES string of the molecule is CCn1c(NCCN2CCC(O)CC2)c(C(=O)O)c(=O)c2ccc(-c3ccc(NC(=O)NCc4cccnc4)cc3)nc21. The van der Waals surface area contributed by atoms with Gasteiger partial charge in [0.05, 0.1) is 17.2 Å². The molecule has 1 aromatic carbocycles. The fraction of sp³-hybridized carbons (Fsp3) is 0.323. The topological polar surface area (TPSA) is 162 Å². The van der Waals surface area contributed by atoms with Gasteiger partial charge in [-0.05, 0) is 55.7 Å². The first-order valence-corrected chi connectivity index (χ1v) is 14.3. The number of aromatic nitrogens is 3. The number of carbonyl (C=O) groups excluding carboxylic acids is 1. The van der Waals surface area contributed by atoms with Gasteiger partial charge in [0, 0.05) is 62.9 Å². The monoisotopic (exact) mass is 585 g/mol. The van der Waals surface area contributed by atoms with Crippen LogP contribution in [0.3, 0.4) is 0 Å². The van der Waals surface area contributed by atoms with E-state index in [1.54, 1.807) is 47.3 Å². The summed E-state index contributed by atoms with van der Waals surface area (Å²) in [7, 11) is 0. The molecule has 0 spiro atoms. The zero-order valence-corrected chi connectivity index (χ0v) is 23.9. The maximum Gasteiger partial charge on any atom is 0.343 e. The second kappa shape index (κ2) is 13.4. The number of rotatable bonds is 10. The van der Waals surface area contributed by atoms with E-state index >= 15 is 0 Å². The predicted octanol–water partition coefficient (Wildman–Crippen LogP) is 3.37. The van der Waals surface area contributed by atoms with Crippen molar-refractivity contribution in [3.05, 3.63) is 82.3 Å². The molecule has 5 rings (SSSR count). The van der Waals surface area contributed by atoms with Gasteiger partial charge >= 0.3 is 12.0 Å². The van der Waals surface area contributed by atoms with E-state index < -0.39 is 11.4 Å². The van der Waals surface area contributed by atoms with E-state index in [-0.39, 0.29) is 28.9 Å². The van der Waals surface area contributed by atoms with Crippen LogP contribution in [-0.2, 0) is 13.1 Å². The molecule has 12 nitrogen and oxygen atoms in total. The fourth-order valence-corrected chi connectivity index (χ4v) is 5.23. The molecule has 0 aliphatic carbocycles. The quantitative estimate of drug-likeness (QED) is 0.188. The van der Waals surface area contributed by atoms with E-state index in [9.17, 15) is 24.6 Å². The maximum atomic E-state index is 13.3. The summed E-state index contributed by atoms with van der Waals surface area (Å²) in [6.07, 6.45) is 4.50. The number of fused-ring (bicyclic) bond motifs is 1. The molecule has 43 heavy (non-hydrogen) atoms. The highest BCUT2D eigenvalue weighted by molar-refractivity contribution is 5.98. The number of benzene rings is 1. The molecule has 0 radical (unpaired) electrons. The minimum absolute atomic E-state index is 0.224. The summed E-state index contributed by atoms with van der Waals surface area (Å²) >= 11 is 0. The number of piperidine rings is 1. The summed E-state index contributed by atoms with van der Waals surface area (Å²) in [5.41, 5.74) is 2.33. The number of pyridine rings is 3. The van der Waals surface area contributed by atoms with Crippen LogP contribution in [0.1, 0.15) is 35.7 Å². The number of aromatic carboxylic acids is 1. The number of anilines is 2. The Bertz CT molecular complexity index is 1650. The Hall–Kier alpha value is -4.81. The third-order valence-electron chi connectivity index (χ3n) is 7.53. The van der Waals surface area contributed by atoms with Crippen molar-refractivity contribution in [2.24, 2.45) is 0 Å². The first kappa shape index (κ1) is 29.7. The molecule has 12 heteroatoms. The van der Waals surface area contributed by atoms with Crippen LogP contribution < -0.4 is 21.4 Å². The smallest absolute Gasteiger partial charge is 0.343 e. The number of aryl methyl sites for hydroxylation is 1. The van der Waals surface area contributed by atoms with Crippen molar-refractivity contribution in [3.8, 4) is 11.3 Å². The van der Waals surface area contributed by atoms with Crippen molar-refractivity contribution in [2.45, 2.75) is 39.0 Å². The minimum Gasteiger partial charge on any atom is -0.477 e. The Morgan fingerprint density at radius 3 is 2.51 bits per heavy atom. The number of urea groups is 1. The second-order valence-corrected chi connectivity index (χ2v) is 10.4. The lowest BCUT2D eigenvalue weighted by Crippen LogP contribution is -2.38. The number of hydrogen-bond acceptors (Lipinski definition) is 8. The number of aliphatic hydroxyl groups excluding tert-OH is 1. The zero-order chi connectivity index (χ0) is 30.3. The summed E-state index contributed by atoms with van der Waals surface area (Å²) in [6.45, 7) is 5.23. The van der Waals surface area contributed by atoms with E-state index in [0.29, 0.717) is 56.0 Å². The lowest BCUT2D eigenvalue weighted by molar-refractivity contribution is 0.0695. The molecule has 1 fully saturated rings. The van der Waals surface area contributed by atoms with E-state index in [1.165, 1.54) is 0 Å². The van der Waals surface area contributed by atoms with Crippen LogP contribution in [0.25, 0.3) is 22.3 Å². The Balaban J connectivity index is 1.35. The molecule has 4 aromatic rings. The maximum absolute atomic E-state index is 13.3. The normalized spacial score (nSPS) is 14.0. The van der Waals surface area contributed by atoms with Crippen molar-refractivity contribution in [1.29, 1.82) is 0 Å². The highest BCUT2D eigenvalue weighted by atomic mass is 16.4. The van der Waals surface area contributed by atoms with Crippen LogP contribution in [0.4, 0.5) is 16.3 Å². The number of likely N-dealkylation sites (tertiary alicyclic amines) is 1. The Morgan fingerprint density at radius 1 is 1.07 bits per heavy atom. The van der Waals surface area contributed by atoms with Gasteiger partial charge in [0.15, 0.2) is 0 Å². The van der Waals surface area contributed by atoms with Gasteiger partial charge in [-0.3, -0.25) is 9.78 Å². The molecule has 4 heterocycles. The van der Waals surface area contributed by atoms with Gasteiger partial charge in [-0.2, -0.15) is 0 Å². The molecule has 1 saturated heterocycles. The van der Waals surface area contributed by atoms with E-state index in [1.807, 2.05) is 25.1 Å². The number of aliphatic hydroxyl groups is 1. The molecule has 224 valence electrons. The number of carboxylic acid groups (broad SMARTS) is 1.